The molecular weight excluding hydrogens is 696 g/mol. The van der Waals surface area contributed by atoms with E-state index in [0.717, 1.165) is 74.0 Å². The van der Waals surface area contributed by atoms with Crippen LogP contribution in [0, 0.1) is 69.6 Å². The molecule has 2 atom stereocenters. The van der Waals surface area contributed by atoms with E-state index in [1.165, 1.54) is 87.1 Å². The molecule has 0 saturated heterocycles. The largest absolute Gasteiger partial charge is 0.451 e. The van der Waals surface area contributed by atoms with Crippen LogP contribution in [0.5, 0.6) is 23.0 Å². The van der Waals surface area contributed by atoms with Crippen LogP contribution < -0.4 is 20.1 Å². The lowest BCUT2D eigenvalue weighted by Gasteiger charge is -2.59. The Morgan fingerprint density at radius 3 is 1.04 bits per heavy atom. The maximum absolute atomic E-state index is 15.2. The van der Waals surface area contributed by atoms with Crippen molar-refractivity contribution in [3.63, 3.8) is 0 Å². The molecule has 10 heteroatoms. The van der Waals surface area contributed by atoms with Crippen molar-refractivity contribution in [3.8, 4) is 23.0 Å². The van der Waals surface area contributed by atoms with E-state index in [-0.39, 0.29) is 46.2 Å². The van der Waals surface area contributed by atoms with E-state index in [4.69, 9.17) is 9.47 Å². The normalized spacial score (nSPS) is 32.6. The molecule has 3 aromatic carbocycles. The molecule has 0 aromatic heterocycles. The van der Waals surface area contributed by atoms with Gasteiger partial charge in [0.05, 0.1) is 0 Å². The van der Waals surface area contributed by atoms with E-state index in [1.807, 2.05) is 0 Å². The van der Waals surface area contributed by atoms with Crippen LogP contribution in [0.4, 0.5) is 17.6 Å². The molecule has 0 aliphatic heterocycles. The van der Waals surface area contributed by atoms with Crippen molar-refractivity contribution in [3.05, 3.63) is 82.9 Å². The number of benzene rings is 3. The van der Waals surface area contributed by atoms with E-state index in [1.54, 1.807) is 0 Å². The summed E-state index contributed by atoms with van der Waals surface area (Å²) in [6.07, 6.45) is 14.7. The van der Waals surface area contributed by atoms with E-state index >= 15 is 17.6 Å². The summed E-state index contributed by atoms with van der Waals surface area (Å²) in [6.45, 7) is 4.17. The number of carbonyl (C=O) groups excluding carboxylic acids is 2. The lowest BCUT2D eigenvalue weighted by molar-refractivity contribution is -0.0688. The third kappa shape index (κ3) is 6.25. The van der Waals surface area contributed by atoms with Gasteiger partial charge in [-0.15, -0.1) is 0 Å². The maximum atomic E-state index is 15.2. The number of ether oxygens (including phenoxy) is 2. The molecule has 8 bridgehead atoms. The topological polar surface area (TPSA) is 76.7 Å². The number of halogens is 4. The fourth-order valence-corrected chi connectivity index (χ4v) is 12.6. The molecule has 8 aliphatic carbocycles. The Morgan fingerprint density at radius 1 is 0.519 bits per heavy atom. The first-order valence-corrected chi connectivity index (χ1v) is 19.9. The average Bonchev–Trinajstić information content (AvgIpc) is 3.13. The molecular formula is C44H48F4N2O4. The van der Waals surface area contributed by atoms with Crippen LogP contribution in [0.1, 0.15) is 112 Å². The highest BCUT2D eigenvalue weighted by molar-refractivity contribution is 5.95. The molecule has 2 unspecified atom stereocenters. The first-order valence-electron chi connectivity index (χ1n) is 19.9. The van der Waals surface area contributed by atoms with Gasteiger partial charge in [0.25, 0.3) is 11.8 Å². The number of amides is 2. The Kier molecular flexibility index (Phi) is 8.77. The van der Waals surface area contributed by atoms with Crippen molar-refractivity contribution in [2.45, 2.75) is 103 Å². The Bertz CT molecular complexity index is 1720. The highest BCUT2D eigenvalue weighted by Gasteiger charge is 2.54. The molecule has 8 saturated carbocycles. The molecule has 0 heterocycles. The summed E-state index contributed by atoms with van der Waals surface area (Å²) < 4.78 is 71.4. The molecule has 3 aromatic rings. The van der Waals surface area contributed by atoms with Gasteiger partial charge in [0.15, 0.2) is 0 Å². The summed E-state index contributed by atoms with van der Waals surface area (Å²) in [5.74, 6) is -5.90. The lowest BCUT2D eigenvalue weighted by Crippen LogP contribution is -2.55. The minimum atomic E-state index is -1.77. The highest BCUT2D eigenvalue weighted by Crippen LogP contribution is 2.62. The van der Waals surface area contributed by atoms with Gasteiger partial charge in [0.1, 0.15) is 11.5 Å². The second kappa shape index (κ2) is 13.3. The zero-order valence-electron chi connectivity index (χ0n) is 30.9. The average molecular weight is 745 g/mol. The Balaban J connectivity index is 0.831. The number of nitrogens with one attached hydrogen (secondary N) is 2. The zero-order chi connectivity index (χ0) is 37.5. The fraction of sp³-hybridized carbons (Fsp3) is 0.545. The Hall–Kier alpha value is -4.08. The molecule has 0 radical (unpaired) electrons. The molecule has 286 valence electrons. The third-order valence-electron chi connectivity index (χ3n) is 14.6. The quantitative estimate of drug-likeness (QED) is 0.160. The Labute approximate surface area is 313 Å². The second-order valence-corrected chi connectivity index (χ2v) is 18.1. The highest BCUT2D eigenvalue weighted by atomic mass is 19.2. The van der Waals surface area contributed by atoms with Crippen molar-refractivity contribution in [1.29, 1.82) is 0 Å². The lowest BCUT2D eigenvalue weighted by atomic mass is 9.48. The second-order valence-electron chi connectivity index (χ2n) is 18.1. The van der Waals surface area contributed by atoms with Crippen molar-refractivity contribution in [2.75, 3.05) is 0 Å². The van der Waals surface area contributed by atoms with Crippen molar-refractivity contribution in [1.82, 2.24) is 10.6 Å². The van der Waals surface area contributed by atoms with Crippen molar-refractivity contribution in [2.24, 2.45) is 46.3 Å². The number of hydrogen-bond donors (Lipinski definition) is 2. The molecule has 8 aliphatic rings. The zero-order valence-corrected chi connectivity index (χ0v) is 30.9. The van der Waals surface area contributed by atoms with Crippen LogP contribution in [-0.2, 0) is 0 Å². The van der Waals surface area contributed by atoms with Gasteiger partial charge in [-0.05, 0) is 186 Å². The molecule has 8 fully saturated rings. The summed E-state index contributed by atoms with van der Waals surface area (Å²) in [5, 5.41) is 6.37. The summed E-state index contributed by atoms with van der Waals surface area (Å²) in [4.78, 5) is 26.4. The van der Waals surface area contributed by atoms with Gasteiger partial charge in [-0.3, -0.25) is 9.59 Å². The molecule has 2 N–H and O–H groups in total. The molecule has 54 heavy (non-hydrogen) atoms. The van der Waals surface area contributed by atoms with Gasteiger partial charge < -0.3 is 20.1 Å². The smallest absolute Gasteiger partial charge is 0.251 e. The molecule has 11 rings (SSSR count). The summed E-state index contributed by atoms with van der Waals surface area (Å²) in [7, 11) is 0. The SMILES string of the molecule is CC(NC(=O)c1ccc(Oc2c(F)c(F)c(Oc3ccc(C(=O)NC(C)C45CC6CC(CC(C6)C4)C5)cc3)c(F)c2F)cc1)C12CC3CC(CC(C3)C1)C2. The molecule has 0 spiro atoms. The van der Waals surface area contributed by atoms with E-state index in [2.05, 4.69) is 24.5 Å². The third-order valence-corrected chi connectivity index (χ3v) is 14.6. The maximum Gasteiger partial charge on any atom is 0.251 e. The van der Waals surface area contributed by atoms with Crippen LogP contribution in [0.2, 0.25) is 0 Å². The van der Waals surface area contributed by atoms with Gasteiger partial charge in [-0.25, -0.2) is 0 Å². The van der Waals surface area contributed by atoms with E-state index < -0.39 is 34.8 Å². The summed E-state index contributed by atoms with van der Waals surface area (Å²) >= 11 is 0. The van der Waals surface area contributed by atoms with Crippen LogP contribution in [0.3, 0.4) is 0 Å². The summed E-state index contributed by atoms with van der Waals surface area (Å²) in [6, 6.07) is 11.1. The first kappa shape index (κ1) is 35.6. The van der Waals surface area contributed by atoms with Gasteiger partial charge in [-0.2, -0.15) is 17.6 Å². The van der Waals surface area contributed by atoms with Crippen molar-refractivity contribution < 1.29 is 36.6 Å². The predicted octanol–water partition coefficient (Wildman–Crippen LogP) is 10.5. The van der Waals surface area contributed by atoms with Gasteiger partial charge in [-0.1, -0.05) is 0 Å². The number of carbonyl (C=O) groups is 2. The van der Waals surface area contributed by atoms with Crippen LogP contribution in [0.25, 0.3) is 0 Å². The number of rotatable bonds is 10. The predicted molar refractivity (Wildman–Crippen MR) is 194 cm³/mol. The number of hydrogen-bond acceptors (Lipinski definition) is 4. The van der Waals surface area contributed by atoms with Crippen LogP contribution >= 0.6 is 0 Å². The van der Waals surface area contributed by atoms with Gasteiger partial charge in [0, 0.05) is 23.2 Å². The standard InChI is InChI=1S/C44H48F4N2O4/c1-23(43-17-25-11-26(18-43)13-27(12-25)19-43)49-41(51)31-3-7-33(8-4-31)53-39-35(45)37(47)40(38(48)36(39)46)54-34-9-5-32(6-10-34)42(52)50-24(2)44-20-28-14-29(21-44)16-30(15-28)22-44/h3-10,23-30H,11-22H2,1-2H3,(H,49,51)(H,50,52). The van der Waals surface area contributed by atoms with Crippen LogP contribution in [0.15, 0.2) is 48.5 Å². The minimum Gasteiger partial charge on any atom is -0.451 e. The minimum absolute atomic E-state index is 0.00583. The van der Waals surface area contributed by atoms with Gasteiger partial charge >= 0.3 is 0 Å². The molecule has 6 nitrogen and oxygen atoms in total. The van der Waals surface area contributed by atoms with Crippen LogP contribution in [-0.4, -0.2) is 23.9 Å². The van der Waals surface area contributed by atoms with E-state index in [0.29, 0.717) is 11.1 Å². The first-order chi connectivity index (χ1) is 25.9. The van der Waals surface area contributed by atoms with Gasteiger partial charge in [0.2, 0.25) is 34.8 Å². The fourth-order valence-electron chi connectivity index (χ4n) is 12.6. The van der Waals surface area contributed by atoms with E-state index in [9.17, 15) is 9.59 Å². The monoisotopic (exact) mass is 744 g/mol. The van der Waals surface area contributed by atoms with Crippen molar-refractivity contribution >= 4 is 11.8 Å². The Morgan fingerprint density at radius 2 is 0.778 bits per heavy atom. The summed E-state index contributed by atoms with van der Waals surface area (Å²) in [5.41, 5.74) is 0.917. The molecule has 2 amide bonds.